The summed E-state index contributed by atoms with van der Waals surface area (Å²) in [5, 5.41) is 0. The molecule has 3 aromatic rings. The van der Waals surface area contributed by atoms with Gasteiger partial charge in [-0.05, 0) is 96.7 Å². The van der Waals surface area contributed by atoms with Gasteiger partial charge >= 0.3 is 0 Å². The van der Waals surface area contributed by atoms with Gasteiger partial charge < -0.3 is 4.74 Å². The molecule has 0 aliphatic heterocycles. The Kier molecular flexibility index (Phi) is 9.34. The molecule has 0 heterocycles. The van der Waals surface area contributed by atoms with Crippen LogP contribution < -0.4 is 4.74 Å². The van der Waals surface area contributed by atoms with Gasteiger partial charge in [0.15, 0.2) is 11.6 Å². The molecule has 212 valence electrons. The van der Waals surface area contributed by atoms with E-state index in [1.54, 1.807) is 30.3 Å². The number of rotatable bonds is 9. The number of halogens is 3. The molecule has 1 nitrogen and oxygen atoms in total. The van der Waals surface area contributed by atoms with E-state index in [0.717, 1.165) is 36.2 Å². The molecule has 2 aliphatic carbocycles. The highest BCUT2D eigenvalue weighted by Crippen LogP contribution is 2.42. The van der Waals surface area contributed by atoms with E-state index in [9.17, 15) is 8.78 Å². The Morgan fingerprint density at radius 2 is 1.38 bits per heavy atom. The third kappa shape index (κ3) is 6.32. The van der Waals surface area contributed by atoms with Crippen molar-refractivity contribution in [3.8, 4) is 28.0 Å². The molecule has 0 amide bonds. The van der Waals surface area contributed by atoms with Gasteiger partial charge in [-0.3, -0.25) is 0 Å². The highest BCUT2D eigenvalue weighted by Gasteiger charge is 2.28. The molecule has 0 N–H and O–H groups in total. The van der Waals surface area contributed by atoms with Crippen LogP contribution in [0.3, 0.4) is 0 Å². The Hall–Kier alpha value is -3.01. The molecule has 1 atom stereocenters. The Morgan fingerprint density at radius 3 is 2.00 bits per heavy atom. The van der Waals surface area contributed by atoms with Crippen molar-refractivity contribution in [1.82, 2.24) is 0 Å². The molecule has 5 rings (SSSR count). The summed E-state index contributed by atoms with van der Waals surface area (Å²) in [5.41, 5.74) is 4.10. The van der Waals surface area contributed by atoms with Gasteiger partial charge in [0.1, 0.15) is 5.82 Å². The third-order valence-electron chi connectivity index (χ3n) is 9.06. The van der Waals surface area contributed by atoms with Gasteiger partial charge in [-0.2, -0.15) is 4.39 Å². The van der Waals surface area contributed by atoms with Crippen molar-refractivity contribution in [2.45, 2.75) is 78.1 Å². The minimum Gasteiger partial charge on any atom is -0.490 e. The van der Waals surface area contributed by atoms with E-state index in [4.69, 9.17) is 4.74 Å². The van der Waals surface area contributed by atoms with Gasteiger partial charge in [0, 0.05) is 11.1 Å². The smallest absolute Gasteiger partial charge is 0.201 e. The molecular weight excluding hydrogens is 505 g/mol. The zero-order chi connectivity index (χ0) is 28.1. The lowest BCUT2D eigenvalue weighted by atomic mass is 9.70. The molecule has 2 aliphatic rings. The first-order valence-electron chi connectivity index (χ1n) is 15.2. The summed E-state index contributed by atoms with van der Waals surface area (Å²) >= 11 is 0. The fourth-order valence-electron chi connectivity index (χ4n) is 6.76. The van der Waals surface area contributed by atoms with Crippen molar-refractivity contribution in [3.05, 3.63) is 83.7 Å². The summed E-state index contributed by atoms with van der Waals surface area (Å²) in [6, 6.07) is 15.4. The molecule has 40 heavy (non-hydrogen) atoms. The Labute approximate surface area is 237 Å². The fraction of sp³-hybridized carbons (Fsp3) is 0.444. The number of ether oxygens (including phenoxy) is 1. The van der Waals surface area contributed by atoms with Crippen LogP contribution in [0.25, 0.3) is 27.8 Å². The molecule has 0 bridgehead atoms. The van der Waals surface area contributed by atoms with E-state index in [1.165, 1.54) is 62.7 Å². The van der Waals surface area contributed by atoms with Gasteiger partial charge in [-0.15, -0.1) is 0 Å². The van der Waals surface area contributed by atoms with Crippen LogP contribution in [-0.2, 0) is 0 Å². The minimum absolute atomic E-state index is 0.0833. The van der Waals surface area contributed by atoms with Gasteiger partial charge in [-0.25, -0.2) is 8.78 Å². The summed E-state index contributed by atoms with van der Waals surface area (Å²) < 4.78 is 49.8. The topological polar surface area (TPSA) is 9.23 Å². The van der Waals surface area contributed by atoms with Crippen molar-refractivity contribution >= 4 is 5.57 Å². The van der Waals surface area contributed by atoms with Crippen molar-refractivity contribution in [2.24, 2.45) is 17.8 Å². The monoisotopic (exact) mass is 546 g/mol. The summed E-state index contributed by atoms with van der Waals surface area (Å²) in [4.78, 5) is 0. The van der Waals surface area contributed by atoms with E-state index in [-0.39, 0.29) is 17.1 Å². The Bertz CT molecular complexity index is 1320. The van der Waals surface area contributed by atoms with Crippen LogP contribution in [0.4, 0.5) is 13.2 Å². The van der Waals surface area contributed by atoms with Crippen LogP contribution in [-0.4, -0.2) is 6.61 Å². The van der Waals surface area contributed by atoms with Crippen molar-refractivity contribution in [1.29, 1.82) is 0 Å². The van der Waals surface area contributed by atoms with Gasteiger partial charge in [0.2, 0.25) is 5.82 Å². The van der Waals surface area contributed by atoms with Crippen LogP contribution in [0.15, 0.2) is 60.7 Å². The molecule has 0 aromatic heterocycles. The average molecular weight is 547 g/mol. The molecule has 0 radical (unpaired) electrons. The summed E-state index contributed by atoms with van der Waals surface area (Å²) in [5.74, 6) is 0.285. The Balaban J connectivity index is 1.25. The first-order chi connectivity index (χ1) is 19.5. The summed E-state index contributed by atoms with van der Waals surface area (Å²) in [7, 11) is 0. The molecule has 3 aromatic carbocycles. The van der Waals surface area contributed by atoms with Crippen LogP contribution in [0, 0.1) is 35.2 Å². The van der Waals surface area contributed by atoms with Crippen molar-refractivity contribution in [2.75, 3.05) is 6.61 Å². The number of benzene rings is 3. The molecule has 1 saturated carbocycles. The number of hydrogen-bond acceptors (Lipinski definition) is 1. The first-order valence-corrected chi connectivity index (χ1v) is 15.2. The van der Waals surface area contributed by atoms with Crippen LogP contribution in [0.1, 0.15) is 83.6 Å². The molecule has 0 spiro atoms. The van der Waals surface area contributed by atoms with Crippen molar-refractivity contribution < 1.29 is 17.9 Å². The maximum Gasteiger partial charge on any atom is 0.201 e. The quantitative estimate of drug-likeness (QED) is 0.259. The molecular formula is C36H41F3O. The predicted molar refractivity (Wildman–Crippen MR) is 159 cm³/mol. The molecule has 1 unspecified atom stereocenters. The average Bonchev–Trinajstić information content (AvgIpc) is 2.99. The van der Waals surface area contributed by atoms with Crippen molar-refractivity contribution in [3.63, 3.8) is 0 Å². The Morgan fingerprint density at radius 1 is 0.700 bits per heavy atom. The first kappa shape index (κ1) is 28.5. The lowest BCUT2D eigenvalue weighted by Crippen LogP contribution is -2.23. The standard InChI is InChI=1S/C36H41F3O/c1-3-5-24-6-8-25(9-7-24)26-10-12-27(13-11-26)30-18-19-31(33(37)23-30)28-14-16-29(17-15-28)32-20-21-34(40-22-4-2)36(39)35(32)38/h12,14-21,23-26H,3-11,13,22H2,1-2H3. The lowest BCUT2D eigenvalue weighted by Gasteiger charge is -2.35. The van der Waals surface area contributed by atoms with Gasteiger partial charge in [-0.1, -0.05) is 82.0 Å². The largest absolute Gasteiger partial charge is 0.490 e. The number of allylic oxidation sites excluding steroid dienone is 2. The minimum atomic E-state index is -0.987. The van der Waals surface area contributed by atoms with Crippen LogP contribution in [0.2, 0.25) is 0 Å². The second-order valence-corrected chi connectivity index (χ2v) is 11.7. The predicted octanol–water partition coefficient (Wildman–Crippen LogP) is 11.0. The van der Waals surface area contributed by atoms with E-state index in [2.05, 4.69) is 13.0 Å². The third-order valence-corrected chi connectivity index (χ3v) is 9.06. The normalized spacial score (nSPS) is 21.2. The van der Waals surface area contributed by atoms with E-state index < -0.39 is 11.6 Å². The summed E-state index contributed by atoms with van der Waals surface area (Å²) in [6.45, 7) is 4.52. The second kappa shape index (κ2) is 13.1. The van der Waals surface area contributed by atoms with Gasteiger partial charge in [0.25, 0.3) is 0 Å². The van der Waals surface area contributed by atoms with E-state index >= 15 is 4.39 Å². The van der Waals surface area contributed by atoms with Crippen LogP contribution in [0.5, 0.6) is 5.75 Å². The fourth-order valence-corrected chi connectivity index (χ4v) is 6.76. The SMILES string of the molecule is CCCOc1ccc(-c2ccc(-c3ccc(C4=CCC(C5CCC(CCC)CC5)CC4)cc3F)cc2)c(F)c1F. The van der Waals surface area contributed by atoms with E-state index in [1.807, 2.05) is 19.1 Å². The van der Waals surface area contributed by atoms with Crippen LogP contribution >= 0.6 is 0 Å². The molecule has 0 saturated heterocycles. The van der Waals surface area contributed by atoms with Gasteiger partial charge in [0.05, 0.1) is 6.61 Å². The molecule has 4 heteroatoms. The molecule has 1 fully saturated rings. The second-order valence-electron chi connectivity index (χ2n) is 11.7. The lowest BCUT2D eigenvalue weighted by molar-refractivity contribution is 0.189. The van der Waals surface area contributed by atoms with E-state index in [0.29, 0.717) is 29.7 Å². The maximum absolute atomic E-state index is 15.3. The highest BCUT2D eigenvalue weighted by atomic mass is 19.2. The zero-order valence-electron chi connectivity index (χ0n) is 23.8. The highest BCUT2D eigenvalue weighted by molar-refractivity contribution is 5.74. The number of hydrogen-bond donors (Lipinski definition) is 0. The maximum atomic E-state index is 15.3. The summed E-state index contributed by atoms with van der Waals surface area (Å²) in [6.07, 6.45) is 14.6. The zero-order valence-corrected chi connectivity index (χ0v) is 23.8.